The first-order valence-electron chi connectivity index (χ1n) is 5.97. The van der Waals surface area contributed by atoms with Gasteiger partial charge in [0.05, 0.1) is 0 Å². The Hall–Kier alpha value is -1.42. The van der Waals surface area contributed by atoms with Crippen LogP contribution in [0.25, 0.3) is 0 Å². The first-order chi connectivity index (χ1) is 8.15. The standard InChI is InChI=1S/C13H16FN3/c1-16-5-4-11(8-16)17-7-9-2-3-10(14)6-12(9)13(17)15/h2-3,6,11,15H,4-5,7-8H2,1H3. The third-order valence-corrected chi connectivity index (χ3v) is 3.76. The van der Waals surface area contributed by atoms with Crippen molar-refractivity contribution in [3.8, 4) is 0 Å². The summed E-state index contributed by atoms with van der Waals surface area (Å²) in [5.41, 5.74) is 1.84. The van der Waals surface area contributed by atoms with E-state index in [0.29, 0.717) is 11.9 Å². The van der Waals surface area contributed by atoms with Gasteiger partial charge in [0, 0.05) is 24.7 Å². The number of hydrogen-bond acceptors (Lipinski definition) is 2. The number of fused-ring (bicyclic) bond motifs is 1. The Kier molecular flexibility index (Phi) is 2.40. The number of likely N-dealkylation sites (tertiary alicyclic amines) is 1. The Balaban J connectivity index is 1.86. The highest BCUT2D eigenvalue weighted by atomic mass is 19.1. The number of nitrogens with zero attached hydrogens (tertiary/aromatic N) is 2. The second-order valence-electron chi connectivity index (χ2n) is 4.98. The van der Waals surface area contributed by atoms with Crippen LogP contribution in [-0.2, 0) is 6.54 Å². The summed E-state index contributed by atoms with van der Waals surface area (Å²) in [5, 5.41) is 8.16. The topological polar surface area (TPSA) is 30.3 Å². The lowest BCUT2D eigenvalue weighted by atomic mass is 10.1. The average molecular weight is 233 g/mol. The zero-order chi connectivity index (χ0) is 12.0. The Bertz CT molecular complexity index is 472. The molecule has 2 aliphatic rings. The number of amidine groups is 1. The molecule has 0 saturated carbocycles. The summed E-state index contributed by atoms with van der Waals surface area (Å²) in [5.74, 6) is 0.235. The van der Waals surface area contributed by atoms with Crippen molar-refractivity contribution >= 4 is 5.84 Å². The van der Waals surface area contributed by atoms with Crippen molar-refractivity contribution in [3.05, 3.63) is 35.1 Å². The second kappa shape index (κ2) is 3.81. The van der Waals surface area contributed by atoms with Crippen LogP contribution in [0.1, 0.15) is 17.5 Å². The Morgan fingerprint density at radius 1 is 1.41 bits per heavy atom. The highest BCUT2D eigenvalue weighted by Gasteiger charge is 2.33. The monoisotopic (exact) mass is 233 g/mol. The highest BCUT2D eigenvalue weighted by Crippen LogP contribution is 2.28. The van der Waals surface area contributed by atoms with Gasteiger partial charge >= 0.3 is 0 Å². The maximum atomic E-state index is 13.2. The SMILES string of the molecule is CN1CCC(N2Cc3ccc(F)cc3C2=N)C1. The van der Waals surface area contributed by atoms with Gasteiger partial charge in [-0.05, 0) is 37.7 Å². The van der Waals surface area contributed by atoms with Crippen molar-refractivity contribution < 1.29 is 4.39 Å². The molecule has 90 valence electrons. The lowest BCUT2D eigenvalue weighted by Crippen LogP contribution is -2.37. The van der Waals surface area contributed by atoms with Gasteiger partial charge in [0.25, 0.3) is 0 Å². The minimum Gasteiger partial charge on any atom is -0.348 e. The predicted molar refractivity (Wildman–Crippen MR) is 64.7 cm³/mol. The molecule has 2 heterocycles. The van der Waals surface area contributed by atoms with E-state index in [1.165, 1.54) is 12.1 Å². The van der Waals surface area contributed by atoms with Crippen LogP contribution in [0.5, 0.6) is 0 Å². The van der Waals surface area contributed by atoms with Crippen molar-refractivity contribution in [2.75, 3.05) is 20.1 Å². The van der Waals surface area contributed by atoms with Crippen molar-refractivity contribution in [3.63, 3.8) is 0 Å². The Morgan fingerprint density at radius 2 is 2.24 bits per heavy atom. The number of nitrogens with one attached hydrogen (secondary N) is 1. The maximum absolute atomic E-state index is 13.2. The Labute approximate surface area is 100 Å². The van der Waals surface area contributed by atoms with Crippen LogP contribution >= 0.6 is 0 Å². The van der Waals surface area contributed by atoms with Crippen molar-refractivity contribution in [1.82, 2.24) is 9.80 Å². The lowest BCUT2D eigenvalue weighted by molar-refractivity contribution is 0.305. The van der Waals surface area contributed by atoms with Crippen LogP contribution in [0.15, 0.2) is 18.2 Å². The minimum absolute atomic E-state index is 0.251. The molecule has 0 aliphatic carbocycles. The smallest absolute Gasteiger partial charge is 0.129 e. The van der Waals surface area contributed by atoms with Crippen LogP contribution < -0.4 is 0 Å². The molecule has 2 aliphatic heterocycles. The maximum Gasteiger partial charge on any atom is 0.129 e. The summed E-state index contributed by atoms with van der Waals surface area (Å²) >= 11 is 0. The molecular weight excluding hydrogens is 217 g/mol. The van der Waals surface area contributed by atoms with Gasteiger partial charge in [0.15, 0.2) is 0 Å². The molecule has 1 fully saturated rings. The van der Waals surface area contributed by atoms with Gasteiger partial charge in [-0.3, -0.25) is 5.41 Å². The normalized spacial score (nSPS) is 24.5. The van der Waals surface area contributed by atoms with Crippen LogP contribution in [0.3, 0.4) is 0 Å². The van der Waals surface area contributed by atoms with E-state index >= 15 is 0 Å². The lowest BCUT2D eigenvalue weighted by Gasteiger charge is -2.25. The summed E-state index contributed by atoms with van der Waals surface area (Å²) in [6.07, 6.45) is 1.09. The van der Waals surface area contributed by atoms with E-state index in [1.807, 2.05) is 0 Å². The molecule has 4 heteroatoms. The van der Waals surface area contributed by atoms with Gasteiger partial charge in [-0.1, -0.05) is 6.07 Å². The van der Waals surface area contributed by atoms with Gasteiger partial charge in [0.2, 0.25) is 0 Å². The molecule has 17 heavy (non-hydrogen) atoms. The minimum atomic E-state index is -0.251. The highest BCUT2D eigenvalue weighted by molar-refractivity contribution is 6.00. The number of benzene rings is 1. The quantitative estimate of drug-likeness (QED) is 0.799. The fourth-order valence-corrected chi connectivity index (χ4v) is 2.80. The molecule has 1 aromatic rings. The molecule has 1 N–H and O–H groups in total. The third kappa shape index (κ3) is 1.72. The summed E-state index contributed by atoms with van der Waals surface area (Å²) in [7, 11) is 2.10. The van der Waals surface area contributed by atoms with Crippen LogP contribution in [0.2, 0.25) is 0 Å². The molecule has 1 unspecified atom stereocenters. The van der Waals surface area contributed by atoms with Crippen molar-refractivity contribution in [1.29, 1.82) is 5.41 Å². The van der Waals surface area contributed by atoms with E-state index in [1.54, 1.807) is 6.07 Å². The van der Waals surface area contributed by atoms with Crippen molar-refractivity contribution in [2.24, 2.45) is 0 Å². The molecule has 1 saturated heterocycles. The van der Waals surface area contributed by atoms with Gasteiger partial charge in [-0.2, -0.15) is 0 Å². The molecule has 0 aromatic heterocycles. The molecular formula is C13H16FN3. The largest absolute Gasteiger partial charge is 0.348 e. The molecule has 1 atom stereocenters. The van der Waals surface area contributed by atoms with Gasteiger partial charge in [-0.15, -0.1) is 0 Å². The summed E-state index contributed by atoms with van der Waals surface area (Å²) in [6.45, 7) is 2.84. The molecule has 3 rings (SSSR count). The Morgan fingerprint density at radius 3 is 2.94 bits per heavy atom. The zero-order valence-electron chi connectivity index (χ0n) is 9.91. The molecule has 0 amide bonds. The fraction of sp³-hybridized carbons (Fsp3) is 0.462. The van der Waals surface area contributed by atoms with E-state index in [2.05, 4.69) is 16.8 Å². The zero-order valence-corrected chi connectivity index (χ0v) is 9.91. The molecule has 1 aromatic carbocycles. The molecule has 3 nitrogen and oxygen atoms in total. The van der Waals surface area contributed by atoms with E-state index in [4.69, 9.17) is 5.41 Å². The molecule has 0 radical (unpaired) electrons. The van der Waals surface area contributed by atoms with Gasteiger partial charge in [0.1, 0.15) is 11.7 Å². The summed E-state index contributed by atoms with van der Waals surface area (Å²) in [4.78, 5) is 4.38. The first kappa shape index (κ1) is 10.7. The first-order valence-corrected chi connectivity index (χ1v) is 5.97. The van der Waals surface area contributed by atoms with E-state index in [-0.39, 0.29) is 5.82 Å². The summed E-state index contributed by atoms with van der Waals surface area (Å²) in [6, 6.07) is 5.17. The van der Waals surface area contributed by atoms with Crippen LogP contribution in [0, 0.1) is 11.2 Å². The van der Waals surface area contributed by atoms with Gasteiger partial charge < -0.3 is 9.80 Å². The van der Waals surface area contributed by atoms with Crippen molar-refractivity contribution in [2.45, 2.75) is 19.0 Å². The van der Waals surface area contributed by atoms with Crippen LogP contribution in [0.4, 0.5) is 4.39 Å². The van der Waals surface area contributed by atoms with E-state index < -0.39 is 0 Å². The molecule has 0 spiro atoms. The average Bonchev–Trinajstić information content (AvgIpc) is 2.84. The number of hydrogen-bond donors (Lipinski definition) is 1. The number of likely N-dealkylation sites (N-methyl/N-ethyl adjacent to an activating group) is 1. The fourth-order valence-electron chi connectivity index (χ4n) is 2.80. The van der Waals surface area contributed by atoms with Gasteiger partial charge in [-0.25, -0.2) is 4.39 Å². The van der Waals surface area contributed by atoms with Crippen LogP contribution in [-0.4, -0.2) is 41.8 Å². The molecule has 0 bridgehead atoms. The van der Waals surface area contributed by atoms with E-state index in [9.17, 15) is 4.39 Å². The third-order valence-electron chi connectivity index (χ3n) is 3.76. The summed E-state index contributed by atoms with van der Waals surface area (Å²) < 4.78 is 13.2. The second-order valence-corrected chi connectivity index (χ2v) is 4.98. The predicted octanol–water partition coefficient (Wildman–Crippen LogP) is 1.67. The van der Waals surface area contributed by atoms with E-state index in [0.717, 1.165) is 37.2 Å². The number of rotatable bonds is 1. The number of halogens is 1.